The first-order valence-corrected chi connectivity index (χ1v) is 14.2. The number of carbonyl (C=O) groups excluding carboxylic acids is 1. The van der Waals surface area contributed by atoms with Crippen molar-refractivity contribution >= 4 is 22.9 Å². The Kier molecular flexibility index (Phi) is 8.17. The van der Waals surface area contributed by atoms with E-state index < -0.39 is 0 Å². The van der Waals surface area contributed by atoms with Gasteiger partial charge in [0, 0.05) is 48.5 Å². The highest BCUT2D eigenvalue weighted by Gasteiger charge is 2.29. The molecule has 8 nitrogen and oxygen atoms in total. The second kappa shape index (κ2) is 11.7. The molecule has 1 aliphatic carbocycles. The minimum atomic E-state index is -0.193. The van der Waals surface area contributed by atoms with Crippen LogP contribution in [0.25, 0.3) is 11.0 Å². The van der Waals surface area contributed by atoms with Gasteiger partial charge in [-0.05, 0) is 87.6 Å². The summed E-state index contributed by atoms with van der Waals surface area (Å²) in [5, 5.41) is 14.7. The lowest BCUT2D eigenvalue weighted by Gasteiger charge is -2.32. The minimum absolute atomic E-state index is 0.0783. The van der Waals surface area contributed by atoms with Gasteiger partial charge in [-0.3, -0.25) is 4.79 Å². The van der Waals surface area contributed by atoms with E-state index in [4.69, 9.17) is 14.7 Å². The van der Waals surface area contributed by atoms with Crippen molar-refractivity contribution in [2.24, 2.45) is 0 Å². The smallest absolute Gasteiger partial charge is 0.253 e. The molecule has 0 bridgehead atoms. The van der Waals surface area contributed by atoms with E-state index in [0.717, 1.165) is 81.2 Å². The summed E-state index contributed by atoms with van der Waals surface area (Å²) in [7, 11) is 1.63. The number of nitrogens with one attached hydrogen (secondary N) is 1. The zero-order chi connectivity index (χ0) is 26.6. The zero-order valence-corrected chi connectivity index (χ0v) is 22.9. The molecule has 0 unspecified atom stereocenters. The van der Waals surface area contributed by atoms with E-state index in [2.05, 4.69) is 29.9 Å². The van der Waals surface area contributed by atoms with Crippen LogP contribution in [-0.4, -0.2) is 62.8 Å². The summed E-state index contributed by atoms with van der Waals surface area (Å²) in [6.45, 7) is 5.82. The van der Waals surface area contributed by atoms with E-state index >= 15 is 0 Å². The average molecular weight is 520 g/mol. The van der Waals surface area contributed by atoms with E-state index in [1.54, 1.807) is 7.11 Å². The third-order valence-corrected chi connectivity index (χ3v) is 8.32. The number of rotatable bonds is 8. The number of hydrogen-bond donors (Lipinski definition) is 2. The van der Waals surface area contributed by atoms with Crippen LogP contribution in [0, 0.1) is 0 Å². The number of nitrogens with zero attached hydrogens (tertiary/aromatic N) is 4. The molecule has 0 radical (unpaired) electrons. The van der Waals surface area contributed by atoms with Gasteiger partial charge in [-0.1, -0.05) is 13.3 Å². The predicted octanol–water partition coefficient (Wildman–Crippen LogP) is 5.54. The number of fused-ring (bicyclic) bond motifs is 1. The molecule has 3 aromatic rings. The molecule has 2 N–H and O–H groups in total. The van der Waals surface area contributed by atoms with Crippen molar-refractivity contribution in [2.45, 2.75) is 89.3 Å². The average Bonchev–Trinajstić information content (AvgIpc) is 3.32. The van der Waals surface area contributed by atoms with Crippen LogP contribution >= 0.6 is 0 Å². The molecule has 2 aliphatic rings. The Hall–Kier alpha value is -3.13. The number of methoxy groups -OCH3 is 1. The first-order chi connectivity index (χ1) is 18.5. The van der Waals surface area contributed by atoms with E-state index in [-0.39, 0.29) is 12.0 Å². The Morgan fingerprint density at radius 1 is 1.13 bits per heavy atom. The van der Waals surface area contributed by atoms with Crippen molar-refractivity contribution in [2.75, 3.05) is 25.5 Å². The van der Waals surface area contributed by atoms with Crippen LogP contribution in [0.1, 0.15) is 93.1 Å². The molecular weight excluding hydrogens is 478 g/mol. The van der Waals surface area contributed by atoms with Gasteiger partial charge in [0.1, 0.15) is 11.4 Å². The molecule has 1 atom stereocenters. The number of aliphatic hydroxyl groups is 1. The number of aromatic nitrogens is 3. The number of piperidine rings is 1. The second-order valence-electron chi connectivity index (χ2n) is 11.0. The molecule has 0 spiro atoms. The molecule has 8 heteroatoms. The van der Waals surface area contributed by atoms with Gasteiger partial charge in [-0.25, -0.2) is 4.98 Å². The number of aliphatic hydroxyl groups excluding tert-OH is 1. The standard InChI is InChI=1S/C30H41N5O3/c1-4-5-20(2)32-30-31-18-26-27(19-35(28(26)33-30)23-8-10-24(36)11-9-23)21-14-16-34(17-15-21)29(37)22-6-12-25(38-3)13-7-22/h6-7,12-13,18-21,23-24,36H,4-5,8-11,14-17H2,1-3H3,(H,31,32,33)/t20-,23?,24?/m0/s1. The van der Waals surface area contributed by atoms with Crippen LogP contribution in [0.4, 0.5) is 5.95 Å². The van der Waals surface area contributed by atoms with Gasteiger partial charge in [0.15, 0.2) is 0 Å². The van der Waals surface area contributed by atoms with Gasteiger partial charge < -0.3 is 24.6 Å². The van der Waals surface area contributed by atoms with Crippen LogP contribution in [0.2, 0.25) is 0 Å². The van der Waals surface area contributed by atoms with Crippen molar-refractivity contribution < 1.29 is 14.6 Å². The number of anilines is 1. The summed E-state index contributed by atoms with van der Waals surface area (Å²) in [5.74, 6) is 1.87. The summed E-state index contributed by atoms with van der Waals surface area (Å²) in [4.78, 5) is 24.8. The van der Waals surface area contributed by atoms with Crippen LogP contribution in [0.5, 0.6) is 5.75 Å². The van der Waals surface area contributed by atoms with Crippen LogP contribution in [0.3, 0.4) is 0 Å². The largest absolute Gasteiger partial charge is 0.497 e. The van der Waals surface area contributed by atoms with E-state index in [9.17, 15) is 9.90 Å². The summed E-state index contributed by atoms with van der Waals surface area (Å²) in [6, 6.07) is 8.01. The fourth-order valence-corrected chi connectivity index (χ4v) is 6.10. The SMILES string of the molecule is CCC[C@H](C)Nc1ncc2c(C3CCN(C(=O)c4ccc(OC)cc4)CC3)cn(C3CCC(O)CC3)c2n1. The molecule has 204 valence electrons. The number of carbonyl (C=O) groups is 1. The van der Waals surface area contributed by atoms with Gasteiger partial charge in [-0.15, -0.1) is 0 Å². The second-order valence-corrected chi connectivity index (χ2v) is 11.0. The number of ether oxygens (including phenoxy) is 1. The topological polar surface area (TPSA) is 92.5 Å². The fourth-order valence-electron chi connectivity index (χ4n) is 6.10. The quantitative estimate of drug-likeness (QED) is 0.406. The summed E-state index contributed by atoms with van der Waals surface area (Å²) in [6.07, 6.45) is 11.7. The van der Waals surface area contributed by atoms with Crippen LogP contribution in [0.15, 0.2) is 36.7 Å². The molecule has 1 aliphatic heterocycles. The van der Waals surface area contributed by atoms with Gasteiger partial charge in [0.2, 0.25) is 5.95 Å². The highest BCUT2D eigenvalue weighted by atomic mass is 16.5. The molecule has 1 saturated carbocycles. The highest BCUT2D eigenvalue weighted by Crippen LogP contribution is 2.38. The number of likely N-dealkylation sites (tertiary alicyclic amines) is 1. The van der Waals surface area contributed by atoms with Crippen molar-refractivity contribution in [3.8, 4) is 5.75 Å². The number of benzene rings is 1. The van der Waals surface area contributed by atoms with Crippen molar-refractivity contribution in [1.29, 1.82) is 0 Å². The summed E-state index contributed by atoms with van der Waals surface area (Å²) < 4.78 is 7.58. The summed E-state index contributed by atoms with van der Waals surface area (Å²) in [5.41, 5.74) is 2.97. The predicted molar refractivity (Wildman–Crippen MR) is 150 cm³/mol. The van der Waals surface area contributed by atoms with Crippen molar-refractivity contribution in [3.63, 3.8) is 0 Å². The highest BCUT2D eigenvalue weighted by molar-refractivity contribution is 5.94. The normalized spacial score (nSPS) is 21.4. The Morgan fingerprint density at radius 3 is 2.50 bits per heavy atom. The minimum Gasteiger partial charge on any atom is -0.497 e. The van der Waals surface area contributed by atoms with E-state index in [1.165, 1.54) is 5.56 Å². The monoisotopic (exact) mass is 519 g/mol. The maximum absolute atomic E-state index is 13.1. The maximum atomic E-state index is 13.1. The van der Waals surface area contributed by atoms with E-state index in [1.807, 2.05) is 35.4 Å². The van der Waals surface area contributed by atoms with Gasteiger partial charge in [-0.2, -0.15) is 4.98 Å². The number of hydrogen-bond acceptors (Lipinski definition) is 6. The molecule has 2 aromatic heterocycles. The summed E-state index contributed by atoms with van der Waals surface area (Å²) >= 11 is 0. The molecule has 38 heavy (non-hydrogen) atoms. The number of amides is 1. The molecule has 1 aromatic carbocycles. The zero-order valence-electron chi connectivity index (χ0n) is 22.9. The molecule has 5 rings (SSSR count). The molecular formula is C30H41N5O3. The third kappa shape index (κ3) is 5.65. The lowest BCUT2D eigenvalue weighted by molar-refractivity contribution is 0.0713. The third-order valence-electron chi connectivity index (χ3n) is 8.32. The fraction of sp³-hybridized carbons (Fsp3) is 0.567. The maximum Gasteiger partial charge on any atom is 0.253 e. The van der Waals surface area contributed by atoms with E-state index in [0.29, 0.717) is 29.5 Å². The van der Waals surface area contributed by atoms with Gasteiger partial charge >= 0.3 is 0 Å². The van der Waals surface area contributed by atoms with Crippen LogP contribution in [-0.2, 0) is 0 Å². The van der Waals surface area contributed by atoms with Crippen LogP contribution < -0.4 is 10.1 Å². The molecule has 2 fully saturated rings. The first-order valence-electron chi connectivity index (χ1n) is 14.2. The Labute approximate surface area is 225 Å². The van der Waals surface area contributed by atoms with Crippen molar-refractivity contribution in [1.82, 2.24) is 19.4 Å². The van der Waals surface area contributed by atoms with Gasteiger partial charge in [0.05, 0.1) is 13.2 Å². The molecule has 1 amide bonds. The molecule has 3 heterocycles. The first kappa shape index (κ1) is 26.5. The Morgan fingerprint density at radius 2 is 1.84 bits per heavy atom. The lowest BCUT2D eigenvalue weighted by atomic mass is 9.89. The molecule has 1 saturated heterocycles. The van der Waals surface area contributed by atoms with Crippen molar-refractivity contribution in [3.05, 3.63) is 47.8 Å². The lowest BCUT2D eigenvalue weighted by Crippen LogP contribution is -2.37. The van der Waals surface area contributed by atoms with Gasteiger partial charge in [0.25, 0.3) is 5.91 Å². The Bertz CT molecular complexity index is 1220. The Balaban J connectivity index is 1.36.